The molecule has 25 heavy (non-hydrogen) atoms. The summed E-state index contributed by atoms with van der Waals surface area (Å²) >= 11 is 6.32. The van der Waals surface area contributed by atoms with Crippen LogP contribution in [0.2, 0.25) is 5.02 Å². The molecular weight excluding hydrogens is 332 g/mol. The number of anilines is 1. The molecule has 1 saturated heterocycles. The first-order chi connectivity index (χ1) is 12.0. The molecule has 1 N–H and O–H groups in total. The molecule has 4 rings (SSSR count). The van der Waals surface area contributed by atoms with Crippen LogP contribution in [0.25, 0.3) is 6.08 Å². The average molecular weight is 353 g/mol. The van der Waals surface area contributed by atoms with E-state index in [0.717, 1.165) is 5.56 Å². The van der Waals surface area contributed by atoms with Crippen molar-refractivity contribution in [3.8, 4) is 0 Å². The quantitative estimate of drug-likeness (QED) is 0.870. The first-order valence-corrected chi connectivity index (χ1v) is 8.95. The van der Waals surface area contributed by atoms with Gasteiger partial charge in [-0.15, -0.1) is 0 Å². The van der Waals surface area contributed by atoms with E-state index in [1.807, 2.05) is 30.3 Å². The Morgan fingerprint density at radius 1 is 1.12 bits per heavy atom. The van der Waals surface area contributed by atoms with Crippen molar-refractivity contribution in [2.24, 2.45) is 0 Å². The number of benzene rings is 2. The van der Waals surface area contributed by atoms with Gasteiger partial charge in [-0.1, -0.05) is 67.9 Å². The summed E-state index contributed by atoms with van der Waals surface area (Å²) in [6, 6.07) is 16.2. The van der Waals surface area contributed by atoms with Crippen LogP contribution < -0.4 is 10.2 Å². The summed E-state index contributed by atoms with van der Waals surface area (Å²) in [6.07, 6.45) is 4.63. The lowest BCUT2D eigenvalue weighted by Gasteiger charge is -2.49. The summed E-state index contributed by atoms with van der Waals surface area (Å²) in [4.78, 5) is 14.6. The third-order valence-corrected chi connectivity index (χ3v) is 5.89. The molecule has 0 radical (unpaired) electrons. The van der Waals surface area contributed by atoms with Crippen molar-refractivity contribution in [1.82, 2.24) is 5.32 Å². The number of nitrogens with zero attached hydrogens (tertiary/aromatic N) is 1. The normalized spacial score (nSPS) is 24.1. The highest BCUT2D eigenvalue weighted by molar-refractivity contribution is 6.32. The molecule has 2 aliphatic heterocycles. The third-order valence-electron chi connectivity index (χ3n) is 5.55. The van der Waals surface area contributed by atoms with Crippen LogP contribution in [-0.2, 0) is 10.2 Å². The minimum Gasteiger partial charge on any atom is -0.344 e. The maximum Gasteiger partial charge on any atom is 0.223 e. The lowest BCUT2D eigenvalue weighted by atomic mass is 9.74. The largest absolute Gasteiger partial charge is 0.344 e. The molecule has 1 amide bonds. The Labute approximate surface area is 153 Å². The first kappa shape index (κ1) is 16.2. The molecule has 1 atom stereocenters. The number of hydrogen-bond donors (Lipinski definition) is 1. The smallest absolute Gasteiger partial charge is 0.223 e. The number of carbonyl (C=O) groups excluding carboxylic acids is 1. The molecule has 2 aliphatic rings. The fourth-order valence-corrected chi connectivity index (χ4v) is 4.34. The van der Waals surface area contributed by atoms with Crippen LogP contribution in [0.5, 0.6) is 0 Å². The molecular formula is C21H21ClN2O. The predicted octanol–water partition coefficient (Wildman–Crippen LogP) is 4.37. The van der Waals surface area contributed by atoms with Gasteiger partial charge in [0, 0.05) is 29.1 Å². The summed E-state index contributed by atoms with van der Waals surface area (Å²) < 4.78 is 0. The van der Waals surface area contributed by atoms with Crippen LogP contribution in [0.15, 0.2) is 54.6 Å². The molecule has 4 heteroatoms. The third kappa shape index (κ3) is 2.30. The Balaban J connectivity index is 1.86. The zero-order valence-corrected chi connectivity index (χ0v) is 15.2. The molecule has 0 saturated carbocycles. The van der Waals surface area contributed by atoms with E-state index in [1.54, 1.807) is 0 Å². The monoisotopic (exact) mass is 352 g/mol. The van der Waals surface area contributed by atoms with E-state index in [1.165, 1.54) is 11.3 Å². The van der Waals surface area contributed by atoms with E-state index in [0.29, 0.717) is 18.0 Å². The Morgan fingerprint density at radius 2 is 1.84 bits per heavy atom. The number of hydrogen-bond acceptors (Lipinski definition) is 2. The zero-order valence-electron chi connectivity index (χ0n) is 14.4. The molecule has 0 aliphatic carbocycles. The molecule has 2 heterocycles. The number of para-hydroxylation sites is 1. The van der Waals surface area contributed by atoms with E-state index in [-0.39, 0.29) is 11.3 Å². The lowest BCUT2D eigenvalue weighted by Crippen LogP contribution is -2.68. The van der Waals surface area contributed by atoms with Crippen molar-refractivity contribution in [2.45, 2.75) is 31.3 Å². The number of fused-ring (bicyclic) bond motifs is 3. The van der Waals surface area contributed by atoms with Gasteiger partial charge in [-0.2, -0.15) is 0 Å². The number of amides is 1. The second-order valence-electron chi connectivity index (χ2n) is 7.21. The van der Waals surface area contributed by atoms with E-state index in [9.17, 15) is 4.79 Å². The van der Waals surface area contributed by atoms with Crippen LogP contribution in [0.4, 0.5) is 5.69 Å². The number of carbonyl (C=O) groups is 1. The van der Waals surface area contributed by atoms with Gasteiger partial charge >= 0.3 is 0 Å². The maximum atomic E-state index is 12.3. The van der Waals surface area contributed by atoms with Gasteiger partial charge in [-0.05, 0) is 29.3 Å². The summed E-state index contributed by atoms with van der Waals surface area (Å²) in [5.41, 5.74) is 2.53. The number of halogens is 1. The molecule has 0 bridgehead atoms. The summed E-state index contributed by atoms with van der Waals surface area (Å²) in [7, 11) is 0. The number of rotatable bonds is 2. The highest BCUT2D eigenvalue weighted by atomic mass is 35.5. The van der Waals surface area contributed by atoms with Gasteiger partial charge in [-0.25, -0.2) is 0 Å². The fourth-order valence-electron chi connectivity index (χ4n) is 4.14. The second kappa shape index (κ2) is 5.63. The molecule has 2 aromatic rings. The van der Waals surface area contributed by atoms with E-state index < -0.39 is 5.66 Å². The molecule has 3 nitrogen and oxygen atoms in total. The maximum absolute atomic E-state index is 12.3. The molecule has 0 spiro atoms. The predicted molar refractivity (Wildman–Crippen MR) is 103 cm³/mol. The van der Waals surface area contributed by atoms with E-state index in [2.05, 4.69) is 54.4 Å². The van der Waals surface area contributed by atoms with E-state index in [4.69, 9.17) is 11.6 Å². The Kier molecular flexibility index (Phi) is 3.66. The summed E-state index contributed by atoms with van der Waals surface area (Å²) in [5.74, 6) is 0.0842. The van der Waals surface area contributed by atoms with Crippen LogP contribution in [-0.4, -0.2) is 18.1 Å². The first-order valence-electron chi connectivity index (χ1n) is 8.58. The van der Waals surface area contributed by atoms with Gasteiger partial charge in [-0.3, -0.25) is 4.79 Å². The van der Waals surface area contributed by atoms with Crippen molar-refractivity contribution in [3.63, 3.8) is 0 Å². The van der Waals surface area contributed by atoms with Crippen molar-refractivity contribution in [3.05, 3.63) is 70.8 Å². The van der Waals surface area contributed by atoms with E-state index >= 15 is 0 Å². The van der Waals surface area contributed by atoms with Crippen molar-refractivity contribution < 1.29 is 4.79 Å². The second-order valence-corrected chi connectivity index (χ2v) is 7.62. The number of nitrogens with one attached hydrogen (secondary N) is 1. The van der Waals surface area contributed by atoms with Crippen molar-refractivity contribution in [1.29, 1.82) is 0 Å². The van der Waals surface area contributed by atoms with Crippen molar-refractivity contribution in [2.75, 3.05) is 11.4 Å². The topological polar surface area (TPSA) is 32.3 Å². The minimum atomic E-state index is -0.592. The molecule has 1 fully saturated rings. The molecule has 2 aromatic carbocycles. The van der Waals surface area contributed by atoms with Crippen molar-refractivity contribution >= 4 is 29.3 Å². The van der Waals surface area contributed by atoms with Gasteiger partial charge < -0.3 is 10.2 Å². The molecule has 0 aromatic heterocycles. The highest BCUT2D eigenvalue weighted by Crippen LogP contribution is 2.52. The van der Waals surface area contributed by atoms with Gasteiger partial charge in [0.15, 0.2) is 0 Å². The standard InChI is InChI=1S/C21H21ClN2O/c1-20(2)16-8-4-6-10-18(16)24-14-12-19(25)23-21(20,24)13-11-15-7-3-5-9-17(15)22/h3-11,13H,12,14H2,1-2H3,(H,23,25). The van der Waals surface area contributed by atoms with Gasteiger partial charge in [0.25, 0.3) is 0 Å². The minimum absolute atomic E-state index is 0.0842. The van der Waals surface area contributed by atoms with Crippen LogP contribution in [0.3, 0.4) is 0 Å². The Hall–Kier alpha value is -2.26. The summed E-state index contributed by atoms with van der Waals surface area (Å²) in [5, 5.41) is 3.98. The van der Waals surface area contributed by atoms with Gasteiger partial charge in [0.05, 0.1) is 0 Å². The lowest BCUT2D eigenvalue weighted by molar-refractivity contribution is -0.124. The van der Waals surface area contributed by atoms with Crippen LogP contribution >= 0.6 is 11.6 Å². The highest BCUT2D eigenvalue weighted by Gasteiger charge is 2.57. The SMILES string of the molecule is CC1(C)c2ccccc2N2CCC(=O)NC21C=Cc1ccccc1Cl. The van der Waals surface area contributed by atoms with Gasteiger partial charge in [0.2, 0.25) is 5.91 Å². The Bertz CT molecular complexity index is 874. The van der Waals surface area contributed by atoms with Crippen LogP contribution in [0, 0.1) is 0 Å². The van der Waals surface area contributed by atoms with Crippen LogP contribution in [0.1, 0.15) is 31.4 Å². The molecule has 128 valence electrons. The fraction of sp³-hybridized carbons (Fsp3) is 0.286. The zero-order chi connectivity index (χ0) is 17.7. The Morgan fingerprint density at radius 3 is 2.64 bits per heavy atom. The average Bonchev–Trinajstić information content (AvgIpc) is 2.79. The van der Waals surface area contributed by atoms with Gasteiger partial charge in [0.1, 0.15) is 5.66 Å². The molecule has 1 unspecified atom stereocenters. The summed E-state index contributed by atoms with van der Waals surface area (Å²) in [6.45, 7) is 5.09.